The molecule has 2 rings (SSSR count). The van der Waals surface area contributed by atoms with E-state index in [1.165, 1.54) is 0 Å². The van der Waals surface area contributed by atoms with Crippen LogP contribution in [0.1, 0.15) is 16.7 Å². The van der Waals surface area contributed by atoms with Crippen LogP contribution in [0.5, 0.6) is 0 Å². The van der Waals surface area contributed by atoms with Gasteiger partial charge < -0.3 is 10.6 Å². The number of amides is 2. The fourth-order valence-electron chi connectivity index (χ4n) is 1.91. The van der Waals surface area contributed by atoms with E-state index < -0.39 is 11.8 Å². The summed E-state index contributed by atoms with van der Waals surface area (Å²) in [6.45, 7) is 4.28. The zero-order valence-electron chi connectivity index (χ0n) is 12.1. The minimum Gasteiger partial charge on any atom is -0.344 e. The van der Waals surface area contributed by atoms with Crippen molar-refractivity contribution >= 4 is 17.5 Å². The largest absolute Gasteiger partial charge is 0.344 e. The van der Waals surface area contributed by atoms with E-state index in [9.17, 15) is 9.59 Å². The summed E-state index contributed by atoms with van der Waals surface area (Å²) in [7, 11) is 0. The summed E-state index contributed by atoms with van der Waals surface area (Å²) in [5.41, 5.74) is 3.78. The lowest BCUT2D eigenvalue weighted by Gasteiger charge is -2.07. The molecular formula is C17H18N2O2. The molecule has 108 valence electrons. The predicted molar refractivity (Wildman–Crippen MR) is 82.8 cm³/mol. The quantitative estimate of drug-likeness (QED) is 0.850. The molecule has 0 heterocycles. The van der Waals surface area contributed by atoms with Gasteiger partial charge in [-0.05, 0) is 31.5 Å². The zero-order chi connectivity index (χ0) is 15.2. The van der Waals surface area contributed by atoms with Crippen molar-refractivity contribution < 1.29 is 9.59 Å². The first-order chi connectivity index (χ1) is 10.0. The van der Waals surface area contributed by atoms with E-state index in [2.05, 4.69) is 10.6 Å². The van der Waals surface area contributed by atoms with Crippen molar-refractivity contribution in [2.24, 2.45) is 0 Å². The van der Waals surface area contributed by atoms with Gasteiger partial charge in [0, 0.05) is 12.2 Å². The minimum atomic E-state index is -0.661. The summed E-state index contributed by atoms with van der Waals surface area (Å²) in [4.78, 5) is 23.5. The molecule has 0 aliphatic heterocycles. The fraction of sp³-hybridized carbons (Fsp3) is 0.176. The van der Waals surface area contributed by atoms with Gasteiger partial charge in [-0.15, -0.1) is 0 Å². The number of carbonyl (C=O) groups is 2. The van der Waals surface area contributed by atoms with Crippen LogP contribution in [0, 0.1) is 13.8 Å². The highest BCUT2D eigenvalue weighted by atomic mass is 16.2. The molecule has 2 N–H and O–H groups in total. The van der Waals surface area contributed by atoms with Gasteiger partial charge in [0.1, 0.15) is 0 Å². The summed E-state index contributed by atoms with van der Waals surface area (Å²) < 4.78 is 0. The molecule has 2 aromatic rings. The Bertz CT molecular complexity index is 648. The molecule has 0 saturated heterocycles. The molecule has 21 heavy (non-hydrogen) atoms. The third kappa shape index (κ3) is 4.45. The predicted octanol–water partition coefficient (Wildman–Crippen LogP) is 2.56. The Balaban J connectivity index is 1.88. The minimum absolute atomic E-state index is 0.335. The number of hydrogen-bond acceptors (Lipinski definition) is 2. The van der Waals surface area contributed by atoms with Gasteiger partial charge in [0.05, 0.1) is 0 Å². The molecule has 0 fully saturated rings. The average molecular weight is 282 g/mol. The highest BCUT2D eigenvalue weighted by Gasteiger charge is 2.13. The van der Waals surface area contributed by atoms with Crippen LogP contribution in [0.2, 0.25) is 0 Å². The monoisotopic (exact) mass is 282 g/mol. The van der Waals surface area contributed by atoms with E-state index in [1.807, 2.05) is 50.2 Å². The lowest BCUT2D eigenvalue weighted by molar-refractivity contribution is -0.136. The van der Waals surface area contributed by atoms with Crippen molar-refractivity contribution in [2.45, 2.75) is 20.4 Å². The van der Waals surface area contributed by atoms with Crippen LogP contribution in [0.4, 0.5) is 5.69 Å². The first-order valence-corrected chi connectivity index (χ1v) is 6.76. The van der Waals surface area contributed by atoms with Crippen LogP contribution in [-0.2, 0) is 16.1 Å². The molecule has 2 aromatic carbocycles. The standard InChI is InChI=1S/C17H18N2O2/c1-12-6-8-15(9-7-12)19-17(21)16(20)18-11-14-5-3-4-13(2)10-14/h3-10H,11H2,1-2H3,(H,18,20)(H,19,21). The maximum absolute atomic E-state index is 11.8. The van der Waals surface area contributed by atoms with Crippen molar-refractivity contribution in [1.82, 2.24) is 5.32 Å². The van der Waals surface area contributed by atoms with Gasteiger partial charge in [-0.25, -0.2) is 0 Å². The first kappa shape index (κ1) is 14.8. The molecule has 0 bridgehead atoms. The summed E-state index contributed by atoms with van der Waals surface area (Å²) in [6, 6.07) is 15.1. The maximum Gasteiger partial charge on any atom is 0.313 e. The molecule has 2 amide bonds. The van der Waals surface area contributed by atoms with Crippen molar-refractivity contribution in [3.8, 4) is 0 Å². The highest BCUT2D eigenvalue weighted by molar-refractivity contribution is 6.39. The molecular weight excluding hydrogens is 264 g/mol. The Morgan fingerprint density at radius 1 is 0.905 bits per heavy atom. The summed E-state index contributed by atoms with van der Waals surface area (Å²) in [5, 5.41) is 5.17. The number of anilines is 1. The van der Waals surface area contributed by atoms with E-state index in [4.69, 9.17) is 0 Å². The van der Waals surface area contributed by atoms with E-state index in [0.29, 0.717) is 12.2 Å². The SMILES string of the molecule is Cc1ccc(NC(=O)C(=O)NCc2cccc(C)c2)cc1. The van der Waals surface area contributed by atoms with E-state index in [1.54, 1.807) is 12.1 Å². The number of aryl methyl sites for hydroxylation is 2. The summed E-state index contributed by atoms with van der Waals surface area (Å²) >= 11 is 0. The molecule has 0 aromatic heterocycles. The second-order valence-electron chi connectivity index (χ2n) is 4.99. The number of hydrogen-bond donors (Lipinski definition) is 2. The number of rotatable bonds is 3. The molecule has 4 nitrogen and oxygen atoms in total. The molecule has 0 saturated carbocycles. The molecule has 0 spiro atoms. The zero-order valence-corrected chi connectivity index (χ0v) is 12.1. The maximum atomic E-state index is 11.8. The molecule has 0 atom stereocenters. The molecule has 0 radical (unpaired) electrons. The Morgan fingerprint density at radius 3 is 2.29 bits per heavy atom. The first-order valence-electron chi connectivity index (χ1n) is 6.76. The molecule has 0 aliphatic rings. The van der Waals surface area contributed by atoms with Crippen molar-refractivity contribution in [3.63, 3.8) is 0 Å². The van der Waals surface area contributed by atoms with Gasteiger partial charge in [0.25, 0.3) is 0 Å². The van der Waals surface area contributed by atoms with Crippen LogP contribution in [0.25, 0.3) is 0 Å². The van der Waals surface area contributed by atoms with Gasteiger partial charge in [0.2, 0.25) is 0 Å². The van der Waals surface area contributed by atoms with Crippen molar-refractivity contribution in [2.75, 3.05) is 5.32 Å². The second-order valence-corrected chi connectivity index (χ2v) is 4.99. The smallest absolute Gasteiger partial charge is 0.313 e. The van der Waals surface area contributed by atoms with Gasteiger partial charge in [-0.3, -0.25) is 9.59 Å². The number of carbonyl (C=O) groups excluding carboxylic acids is 2. The van der Waals surface area contributed by atoms with Crippen LogP contribution >= 0.6 is 0 Å². The van der Waals surface area contributed by atoms with E-state index in [0.717, 1.165) is 16.7 Å². The van der Waals surface area contributed by atoms with Crippen LogP contribution in [-0.4, -0.2) is 11.8 Å². The fourth-order valence-corrected chi connectivity index (χ4v) is 1.91. The highest BCUT2D eigenvalue weighted by Crippen LogP contribution is 2.08. The van der Waals surface area contributed by atoms with Crippen molar-refractivity contribution in [1.29, 1.82) is 0 Å². The van der Waals surface area contributed by atoms with Gasteiger partial charge in [-0.2, -0.15) is 0 Å². The van der Waals surface area contributed by atoms with Gasteiger partial charge in [0.15, 0.2) is 0 Å². The Hall–Kier alpha value is -2.62. The summed E-state index contributed by atoms with van der Waals surface area (Å²) in [6.07, 6.45) is 0. The Labute approximate surface area is 124 Å². The van der Waals surface area contributed by atoms with Crippen LogP contribution in [0.3, 0.4) is 0 Å². The Kier molecular flexibility index (Phi) is 4.72. The van der Waals surface area contributed by atoms with Gasteiger partial charge in [-0.1, -0.05) is 47.5 Å². The third-order valence-electron chi connectivity index (χ3n) is 3.05. The van der Waals surface area contributed by atoms with Gasteiger partial charge >= 0.3 is 11.8 Å². The van der Waals surface area contributed by atoms with Crippen molar-refractivity contribution in [3.05, 3.63) is 65.2 Å². The van der Waals surface area contributed by atoms with Crippen LogP contribution in [0.15, 0.2) is 48.5 Å². The topological polar surface area (TPSA) is 58.2 Å². The number of nitrogens with one attached hydrogen (secondary N) is 2. The molecule has 0 unspecified atom stereocenters. The second kappa shape index (κ2) is 6.70. The average Bonchev–Trinajstić information content (AvgIpc) is 2.47. The van der Waals surface area contributed by atoms with E-state index >= 15 is 0 Å². The normalized spacial score (nSPS) is 10.0. The Morgan fingerprint density at radius 2 is 1.62 bits per heavy atom. The number of benzene rings is 2. The lowest BCUT2D eigenvalue weighted by atomic mass is 10.1. The van der Waals surface area contributed by atoms with E-state index in [-0.39, 0.29) is 0 Å². The lowest BCUT2D eigenvalue weighted by Crippen LogP contribution is -2.34. The summed E-state index contributed by atoms with van der Waals surface area (Å²) in [5.74, 6) is -1.30. The van der Waals surface area contributed by atoms with Crippen LogP contribution < -0.4 is 10.6 Å². The molecule has 4 heteroatoms. The molecule has 0 aliphatic carbocycles. The third-order valence-corrected chi connectivity index (χ3v) is 3.05.